The molecule has 0 unspecified atom stereocenters. The van der Waals surface area contributed by atoms with Crippen LogP contribution in [0, 0.1) is 5.82 Å². The summed E-state index contributed by atoms with van der Waals surface area (Å²) in [7, 11) is 0. The Bertz CT molecular complexity index is 1230. The van der Waals surface area contributed by atoms with E-state index < -0.39 is 29.8 Å². The van der Waals surface area contributed by atoms with E-state index in [1.807, 2.05) is 43.3 Å². The van der Waals surface area contributed by atoms with Gasteiger partial charge in [-0.25, -0.2) is 14.0 Å². The molecular formula is C27H25FN2O5. The molecule has 8 heteroatoms. The van der Waals surface area contributed by atoms with E-state index in [1.165, 1.54) is 6.07 Å². The lowest BCUT2D eigenvalue weighted by Gasteiger charge is -2.19. The molecule has 7 nitrogen and oxygen atoms in total. The molecule has 1 atom stereocenters. The lowest BCUT2D eigenvalue weighted by molar-refractivity contribution is -0.116. The van der Waals surface area contributed by atoms with Crippen LogP contribution in [-0.2, 0) is 9.53 Å². The van der Waals surface area contributed by atoms with Gasteiger partial charge in [0.15, 0.2) is 0 Å². The smallest absolute Gasteiger partial charge is 0.407 e. The molecule has 0 heterocycles. The van der Waals surface area contributed by atoms with E-state index in [1.54, 1.807) is 0 Å². The fourth-order valence-corrected chi connectivity index (χ4v) is 4.33. The number of carbonyl (C=O) groups excluding carboxylic acids is 2. The summed E-state index contributed by atoms with van der Waals surface area (Å²) in [6, 6.07) is 18.6. The van der Waals surface area contributed by atoms with Gasteiger partial charge < -0.3 is 20.5 Å². The molecule has 0 aliphatic heterocycles. The summed E-state index contributed by atoms with van der Waals surface area (Å²) in [4.78, 5) is 36.3. The van der Waals surface area contributed by atoms with Crippen LogP contribution < -0.4 is 10.6 Å². The monoisotopic (exact) mass is 476 g/mol. The van der Waals surface area contributed by atoms with Crippen molar-refractivity contribution in [2.45, 2.75) is 31.7 Å². The molecule has 35 heavy (non-hydrogen) atoms. The van der Waals surface area contributed by atoms with Crippen molar-refractivity contribution >= 4 is 23.7 Å². The first-order valence-electron chi connectivity index (χ1n) is 11.3. The second kappa shape index (κ2) is 10.4. The SMILES string of the molecule is CC[C@H](CC(=O)Nc1ccc(F)cc1C(=O)O)NC(=O)OCC1c2ccccc2-c2ccccc21. The molecule has 3 aromatic rings. The summed E-state index contributed by atoms with van der Waals surface area (Å²) in [6.07, 6.45) is -0.288. The highest BCUT2D eigenvalue weighted by molar-refractivity contribution is 6.00. The summed E-state index contributed by atoms with van der Waals surface area (Å²) in [6.45, 7) is 1.96. The van der Waals surface area contributed by atoms with Gasteiger partial charge in [-0.05, 0) is 46.9 Å². The molecule has 0 spiro atoms. The van der Waals surface area contributed by atoms with Crippen LogP contribution in [0.2, 0.25) is 0 Å². The second-order valence-corrected chi connectivity index (χ2v) is 8.32. The third-order valence-corrected chi connectivity index (χ3v) is 6.08. The Morgan fingerprint density at radius 1 is 1.00 bits per heavy atom. The third-order valence-electron chi connectivity index (χ3n) is 6.08. The summed E-state index contributed by atoms with van der Waals surface area (Å²) < 4.78 is 18.9. The van der Waals surface area contributed by atoms with Crippen molar-refractivity contribution in [1.82, 2.24) is 5.32 Å². The number of halogens is 1. The van der Waals surface area contributed by atoms with E-state index in [0.29, 0.717) is 6.42 Å². The number of fused-ring (bicyclic) bond motifs is 3. The number of rotatable bonds is 8. The summed E-state index contributed by atoms with van der Waals surface area (Å²) in [5, 5.41) is 14.4. The standard InChI is InChI=1S/C27H25FN2O5/c1-2-17(14-25(31)30-24-12-11-16(28)13-22(24)26(32)33)29-27(34)35-15-23-20-9-5-3-7-18(20)19-8-4-6-10-21(19)23/h3-13,17,23H,2,14-15H2,1H3,(H,29,34)(H,30,31)(H,32,33)/t17-/m1/s1. The van der Waals surface area contributed by atoms with Crippen LogP contribution in [0.1, 0.15) is 47.2 Å². The fourth-order valence-electron chi connectivity index (χ4n) is 4.33. The van der Waals surface area contributed by atoms with Gasteiger partial charge in [-0.15, -0.1) is 0 Å². The Labute approximate surface area is 201 Å². The zero-order valence-electron chi connectivity index (χ0n) is 19.1. The minimum Gasteiger partial charge on any atom is -0.478 e. The van der Waals surface area contributed by atoms with Gasteiger partial charge in [0.05, 0.1) is 11.3 Å². The number of ether oxygens (including phenoxy) is 1. The Morgan fingerprint density at radius 3 is 2.23 bits per heavy atom. The highest BCUT2D eigenvalue weighted by Gasteiger charge is 2.29. The molecular weight excluding hydrogens is 451 g/mol. The van der Waals surface area contributed by atoms with Crippen LogP contribution in [0.15, 0.2) is 66.7 Å². The average molecular weight is 477 g/mol. The number of carbonyl (C=O) groups is 3. The quantitative estimate of drug-likeness (QED) is 0.416. The zero-order valence-corrected chi connectivity index (χ0v) is 19.1. The van der Waals surface area contributed by atoms with E-state index in [2.05, 4.69) is 22.8 Å². The summed E-state index contributed by atoms with van der Waals surface area (Å²) in [5.74, 6) is -2.67. The van der Waals surface area contributed by atoms with Crippen molar-refractivity contribution in [3.63, 3.8) is 0 Å². The van der Waals surface area contributed by atoms with Gasteiger partial charge in [0.2, 0.25) is 5.91 Å². The van der Waals surface area contributed by atoms with Crippen LogP contribution in [0.4, 0.5) is 14.9 Å². The number of nitrogens with one attached hydrogen (secondary N) is 2. The van der Waals surface area contributed by atoms with Crippen LogP contribution in [0.25, 0.3) is 11.1 Å². The van der Waals surface area contributed by atoms with E-state index in [0.717, 1.165) is 34.4 Å². The summed E-state index contributed by atoms with van der Waals surface area (Å²) in [5.41, 5.74) is 4.09. The molecule has 0 saturated heterocycles. The topological polar surface area (TPSA) is 105 Å². The van der Waals surface area contributed by atoms with Crippen LogP contribution in [0.5, 0.6) is 0 Å². The molecule has 3 aromatic carbocycles. The average Bonchev–Trinajstić information content (AvgIpc) is 3.17. The lowest BCUT2D eigenvalue weighted by atomic mass is 9.98. The van der Waals surface area contributed by atoms with Gasteiger partial charge in [0.1, 0.15) is 12.4 Å². The minimum absolute atomic E-state index is 0.0140. The van der Waals surface area contributed by atoms with Crippen molar-refractivity contribution in [3.8, 4) is 11.1 Å². The van der Waals surface area contributed by atoms with Crippen LogP contribution in [0.3, 0.4) is 0 Å². The first-order valence-corrected chi connectivity index (χ1v) is 11.3. The number of alkyl carbamates (subject to hydrolysis) is 1. The molecule has 0 bridgehead atoms. The number of carboxylic acids is 1. The van der Waals surface area contributed by atoms with E-state index in [4.69, 9.17) is 4.74 Å². The largest absolute Gasteiger partial charge is 0.478 e. The number of aromatic carboxylic acids is 1. The highest BCUT2D eigenvalue weighted by atomic mass is 19.1. The lowest BCUT2D eigenvalue weighted by Crippen LogP contribution is -2.38. The molecule has 0 fully saturated rings. The first kappa shape index (κ1) is 23.9. The highest BCUT2D eigenvalue weighted by Crippen LogP contribution is 2.44. The molecule has 0 aromatic heterocycles. The number of anilines is 1. The van der Waals surface area contributed by atoms with E-state index in [9.17, 15) is 23.9 Å². The normalized spacial score (nSPS) is 12.9. The predicted octanol–water partition coefficient (Wildman–Crippen LogP) is 5.17. The fraction of sp³-hybridized carbons (Fsp3) is 0.222. The third kappa shape index (κ3) is 5.32. The number of carboxylic acid groups (broad SMARTS) is 1. The summed E-state index contributed by atoms with van der Waals surface area (Å²) >= 11 is 0. The Balaban J connectivity index is 1.35. The van der Waals surface area contributed by atoms with Crippen molar-refractivity contribution in [3.05, 3.63) is 89.2 Å². The second-order valence-electron chi connectivity index (χ2n) is 8.32. The zero-order chi connectivity index (χ0) is 24.9. The van der Waals surface area contributed by atoms with Crippen molar-refractivity contribution in [1.29, 1.82) is 0 Å². The number of benzene rings is 3. The number of hydrogen-bond acceptors (Lipinski definition) is 4. The molecule has 0 radical (unpaired) electrons. The van der Waals surface area contributed by atoms with Crippen molar-refractivity contribution in [2.75, 3.05) is 11.9 Å². The van der Waals surface area contributed by atoms with E-state index >= 15 is 0 Å². The molecule has 1 aliphatic rings. The Hall–Kier alpha value is -4.20. The van der Waals surface area contributed by atoms with Crippen LogP contribution >= 0.6 is 0 Å². The van der Waals surface area contributed by atoms with Gasteiger partial charge in [-0.2, -0.15) is 0 Å². The maximum absolute atomic E-state index is 13.4. The molecule has 2 amide bonds. The predicted molar refractivity (Wildman–Crippen MR) is 129 cm³/mol. The van der Waals surface area contributed by atoms with Gasteiger partial charge in [0, 0.05) is 18.4 Å². The number of hydrogen-bond donors (Lipinski definition) is 3. The van der Waals surface area contributed by atoms with Gasteiger partial charge in [-0.3, -0.25) is 4.79 Å². The molecule has 1 aliphatic carbocycles. The molecule has 3 N–H and O–H groups in total. The van der Waals surface area contributed by atoms with Crippen molar-refractivity contribution < 1.29 is 28.6 Å². The Morgan fingerprint density at radius 2 is 1.63 bits per heavy atom. The van der Waals surface area contributed by atoms with Gasteiger partial charge in [0.25, 0.3) is 0 Å². The van der Waals surface area contributed by atoms with Gasteiger partial charge in [-0.1, -0.05) is 55.5 Å². The van der Waals surface area contributed by atoms with Crippen molar-refractivity contribution in [2.24, 2.45) is 0 Å². The Kier molecular flexibility index (Phi) is 7.10. The van der Waals surface area contributed by atoms with Gasteiger partial charge >= 0.3 is 12.1 Å². The number of amides is 2. The maximum Gasteiger partial charge on any atom is 0.407 e. The molecule has 180 valence electrons. The molecule has 4 rings (SSSR count). The van der Waals surface area contributed by atoms with E-state index in [-0.39, 0.29) is 30.2 Å². The minimum atomic E-state index is -1.36. The molecule has 0 saturated carbocycles. The maximum atomic E-state index is 13.4. The van der Waals surface area contributed by atoms with Crippen LogP contribution in [-0.4, -0.2) is 35.7 Å². The first-order chi connectivity index (χ1) is 16.9.